The molecule has 1 amide bonds. The molecule has 1 saturated carbocycles. The van der Waals surface area contributed by atoms with Crippen LogP contribution >= 0.6 is 0 Å². The highest BCUT2D eigenvalue weighted by molar-refractivity contribution is 5.80. The van der Waals surface area contributed by atoms with Gasteiger partial charge in [-0.1, -0.05) is 30.3 Å². The molecule has 4 rings (SSSR count). The van der Waals surface area contributed by atoms with Gasteiger partial charge in [0.25, 0.3) is 0 Å². The summed E-state index contributed by atoms with van der Waals surface area (Å²) in [6, 6.07) is 18.6. The van der Waals surface area contributed by atoms with Crippen LogP contribution in [0, 0.1) is 5.92 Å². The monoisotopic (exact) mass is 408 g/mol. The van der Waals surface area contributed by atoms with Crippen molar-refractivity contribution in [1.29, 1.82) is 0 Å². The molecule has 0 aromatic heterocycles. The standard InChI is InChI=1S/C25H32N2O3/c28-23-12-8-21(9-13-23)26-25(29)20-7-4-16-27(17-20)22-10-14-24(15-11-22)30-18-19-5-2-1-3-6-19/h1-3,5-6,10-11,14-15,20-21,23,28H,4,7-9,12-13,16-18H2,(H,26,29). The van der Waals surface area contributed by atoms with E-state index in [1.807, 2.05) is 30.3 Å². The maximum absolute atomic E-state index is 12.8. The summed E-state index contributed by atoms with van der Waals surface area (Å²) in [5.41, 5.74) is 2.29. The molecule has 1 aliphatic carbocycles. The van der Waals surface area contributed by atoms with Crippen molar-refractivity contribution in [2.24, 2.45) is 5.92 Å². The number of ether oxygens (including phenoxy) is 1. The van der Waals surface area contributed by atoms with E-state index in [2.05, 4.69) is 34.5 Å². The number of hydrogen-bond acceptors (Lipinski definition) is 4. The van der Waals surface area contributed by atoms with Crippen LogP contribution in [-0.2, 0) is 11.4 Å². The topological polar surface area (TPSA) is 61.8 Å². The number of aliphatic hydroxyl groups is 1. The summed E-state index contributed by atoms with van der Waals surface area (Å²) in [5, 5.41) is 12.9. The smallest absolute Gasteiger partial charge is 0.225 e. The summed E-state index contributed by atoms with van der Waals surface area (Å²) in [4.78, 5) is 15.1. The minimum atomic E-state index is -0.192. The molecule has 1 heterocycles. The number of rotatable bonds is 6. The Balaban J connectivity index is 1.29. The van der Waals surface area contributed by atoms with Crippen LogP contribution in [0.25, 0.3) is 0 Å². The van der Waals surface area contributed by atoms with Crippen molar-refractivity contribution in [2.75, 3.05) is 18.0 Å². The van der Waals surface area contributed by atoms with Crippen LogP contribution in [0.1, 0.15) is 44.1 Å². The molecule has 1 saturated heterocycles. The molecule has 160 valence electrons. The van der Waals surface area contributed by atoms with Gasteiger partial charge in [-0.25, -0.2) is 0 Å². The molecular weight excluding hydrogens is 376 g/mol. The largest absolute Gasteiger partial charge is 0.489 e. The van der Waals surface area contributed by atoms with Crippen LogP contribution < -0.4 is 15.0 Å². The zero-order valence-electron chi connectivity index (χ0n) is 17.5. The molecule has 2 aromatic rings. The number of hydrogen-bond donors (Lipinski definition) is 2. The summed E-state index contributed by atoms with van der Waals surface area (Å²) in [6.45, 7) is 2.29. The Morgan fingerprint density at radius 3 is 2.47 bits per heavy atom. The molecule has 0 radical (unpaired) electrons. The summed E-state index contributed by atoms with van der Waals surface area (Å²) in [7, 11) is 0. The number of amides is 1. The van der Waals surface area contributed by atoms with Gasteiger partial charge < -0.3 is 20.1 Å². The molecule has 0 spiro atoms. The van der Waals surface area contributed by atoms with Crippen LogP contribution in [0.3, 0.4) is 0 Å². The molecule has 1 aliphatic heterocycles. The molecule has 2 aromatic carbocycles. The van der Waals surface area contributed by atoms with Crippen LogP contribution in [0.5, 0.6) is 5.75 Å². The first-order chi connectivity index (χ1) is 14.7. The van der Waals surface area contributed by atoms with Crippen molar-refractivity contribution in [1.82, 2.24) is 5.32 Å². The van der Waals surface area contributed by atoms with Crippen LogP contribution in [-0.4, -0.2) is 36.2 Å². The van der Waals surface area contributed by atoms with E-state index in [-0.39, 0.29) is 24.0 Å². The molecule has 1 unspecified atom stereocenters. The van der Waals surface area contributed by atoms with Crippen LogP contribution in [0.4, 0.5) is 5.69 Å². The van der Waals surface area contributed by atoms with E-state index in [0.29, 0.717) is 6.61 Å². The van der Waals surface area contributed by atoms with Crippen molar-refractivity contribution in [3.05, 3.63) is 60.2 Å². The van der Waals surface area contributed by atoms with Crippen molar-refractivity contribution in [3.63, 3.8) is 0 Å². The van der Waals surface area contributed by atoms with Gasteiger partial charge >= 0.3 is 0 Å². The van der Waals surface area contributed by atoms with Gasteiger partial charge in [0, 0.05) is 24.8 Å². The molecule has 2 N–H and O–H groups in total. The van der Waals surface area contributed by atoms with Gasteiger partial charge in [0.2, 0.25) is 5.91 Å². The summed E-state index contributed by atoms with van der Waals surface area (Å²) < 4.78 is 5.89. The Bertz CT molecular complexity index is 801. The number of nitrogens with zero attached hydrogens (tertiary/aromatic N) is 1. The van der Waals surface area contributed by atoms with E-state index in [9.17, 15) is 9.90 Å². The highest BCUT2D eigenvalue weighted by Gasteiger charge is 2.28. The van der Waals surface area contributed by atoms with Gasteiger partial charge in [0.1, 0.15) is 12.4 Å². The maximum Gasteiger partial charge on any atom is 0.225 e. The van der Waals surface area contributed by atoms with Gasteiger partial charge in [-0.05, 0) is 68.4 Å². The van der Waals surface area contributed by atoms with Crippen LogP contribution in [0.2, 0.25) is 0 Å². The number of nitrogens with one attached hydrogen (secondary N) is 1. The maximum atomic E-state index is 12.8. The van der Waals surface area contributed by atoms with Gasteiger partial charge in [-0.3, -0.25) is 4.79 Å². The van der Waals surface area contributed by atoms with E-state index in [0.717, 1.165) is 68.6 Å². The third kappa shape index (κ3) is 5.54. The highest BCUT2D eigenvalue weighted by Crippen LogP contribution is 2.26. The molecule has 2 aliphatic rings. The molecule has 2 fully saturated rings. The quantitative estimate of drug-likeness (QED) is 0.761. The number of carbonyl (C=O) groups excluding carboxylic acids is 1. The Kier molecular flexibility index (Phi) is 6.90. The first kappa shape index (κ1) is 20.7. The Labute approximate surface area is 179 Å². The lowest BCUT2D eigenvalue weighted by Gasteiger charge is -2.35. The van der Waals surface area contributed by atoms with E-state index in [4.69, 9.17) is 4.74 Å². The zero-order chi connectivity index (χ0) is 20.8. The normalized spacial score (nSPS) is 24.3. The Hall–Kier alpha value is -2.53. The van der Waals surface area contributed by atoms with Crippen LogP contribution in [0.15, 0.2) is 54.6 Å². The average Bonchev–Trinajstić information content (AvgIpc) is 2.80. The van der Waals surface area contributed by atoms with E-state index >= 15 is 0 Å². The number of anilines is 1. The van der Waals surface area contributed by atoms with E-state index in [1.54, 1.807) is 0 Å². The number of benzene rings is 2. The third-order valence-corrected chi connectivity index (χ3v) is 6.29. The van der Waals surface area contributed by atoms with Crippen molar-refractivity contribution >= 4 is 11.6 Å². The Morgan fingerprint density at radius 2 is 1.73 bits per heavy atom. The van der Waals surface area contributed by atoms with Gasteiger partial charge in [0.15, 0.2) is 0 Å². The van der Waals surface area contributed by atoms with E-state index < -0.39 is 0 Å². The lowest BCUT2D eigenvalue weighted by Crippen LogP contribution is -2.47. The molecule has 5 heteroatoms. The lowest BCUT2D eigenvalue weighted by molar-refractivity contribution is -0.126. The highest BCUT2D eigenvalue weighted by atomic mass is 16.5. The average molecular weight is 409 g/mol. The van der Waals surface area contributed by atoms with Gasteiger partial charge in [-0.2, -0.15) is 0 Å². The van der Waals surface area contributed by atoms with Crippen molar-refractivity contribution in [2.45, 2.75) is 57.3 Å². The second-order valence-electron chi connectivity index (χ2n) is 8.57. The van der Waals surface area contributed by atoms with Gasteiger partial charge in [0.05, 0.1) is 12.0 Å². The predicted octanol–water partition coefficient (Wildman–Crippen LogP) is 3.90. The number of piperidine rings is 1. The zero-order valence-corrected chi connectivity index (χ0v) is 17.5. The molecule has 0 bridgehead atoms. The first-order valence-corrected chi connectivity index (χ1v) is 11.2. The minimum Gasteiger partial charge on any atom is -0.489 e. The molecule has 1 atom stereocenters. The first-order valence-electron chi connectivity index (χ1n) is 11.2. The predicted molar refractivity (Wildman–Crippen MR) is 119 cm³/mol. The fourth-order valence-corrected chi connectivity index (χ4v) is 4.46. The molecule has 30 heavy (non-hydrogen) atoms. The fourth-order valence-electron chi connectivity index (χ4n) is 4.46. The Morgan fingerprint density at radius 1 is 1.00 bits per heavy atom. The van der Waals surface area contributed by atoms with Gasteiger partial charge in [-0.15, -0.1) is 0 Å². The van der Waals surface area contributed by atoms with E-state index in [1.165, 1.54) is 0 Å². The second kappa shape index (κ2) is 9.98. The molecular formula is C25H32N2O3. The van der Waals surface area contributed by atoms with Crippen molar-refractivity contribution in [3.8, 4) is 5.75 Å². The van der Waals surface area contributed by atoms with Crippen molar-refractivity contribution < 1.29 is 14.6 Å². The number of aliphatic hydroxyl groups excluding tert-OH is 1. The summed E-state index contributed by atoms with van der Waals surface area (Å²) in [5.74, 6) is 1.05. The SMILES string of the molecule is O=C(NC1CCC(O)CC1)C1CCCN(c2ccc(OCc3ccccc3)cc2)C1. The summed E-state index contributed by atoms with van der Waals surface area (Å²) >= 11 is 0. The number of carbonyl (C=O) groups is 1. The third-order valence-electron chi connectivity index (χ3n) is 6.29. The summed E-state index contributed by atoms with van der Waals surface area (Å²) in [6.07, 6.45) is 5.12. The second-order valence-corrected chi connectivity index (χ2v) is 8.57. The lowest BCUT2D eigenvalue weighted by atomic mass is 9.91. The molecule has 5 nitrogen and oxygen atoms in total. The fraction of sp³-hybridized carbons (Fsp3) is 0.480. The minimum absolute atomic E-state index is 0.0274.